The minimum Gasteiger partial charge on any atom is -0.497 e. The number of piperidine rings is 1. The quantitative estimate of drug-likeness (QED) is 0.800. The van der Waals surface area contributed by atoms with Crippen LogP contribution in [0.2, 0.25) is 0 Å². The Balaban J connectivity index is 2.07. The monoisotopic (exact) mass is 250 g/mol. The maximum absolute atomic E-state index is 10.1. The van der Waals surface area contributed by atoms with Gasteiger partial charge in [-0.1, -0.05) is 0 Å². The molecule has 0 aliphatic carbocycles. The van der Waals surface area contributed by atoms with Crippen LogP contribution < -0.4 is 10.5 Å². The van der Waals surface area contributed by atoms with E-state index in [0.29, 0.717) is 12.2 Å². The van der Waals surface area contributed by atoms with Gasteiger partial charge in [0.15, 0.2) is 0 Å². The van der Waals surface area contributed by atoms with Crippen LogP contribution in [0, 0.1) is 0 Å². The lowest BCUT2D eigenvalue weighted by Crippen LogP contribution is -2.45. The van der Waals surface area contributed by atoms with Crippen LogP contribution >= 0.6 is 0 Å². The first-order valence-electron chi connectivity index (χ1n) is 6.37. The van der Waals surface area contributed by atoms with E-state index in [4.69, 9.17) is 10.5 Å². The van der Waals surface area contributed by atoms with E-state index in [0.717, 1.165) is 37.2 Å². The molecule has 0 spiro atoms. The van der Waals surface area contributed by atoms with Gasteiger partial charge in [-0.25, -0.2) is 0 Å². The number of hydrogen-bond donors (Lipinski definition) is 2. The molecule has 0 aromatic heterocycles. The first-order valence-corrected chi connectivity index (χ1v) is 6.37. The van der Waals surface area contributed by atoms with E-state index in [9.17, 15) is 5.11 Å². The van der Waals surface area contributed by atoms with Crippen molar-refractivity contribution in [3.05, 3.63) is 23.8 Å². The fourth-order valence-electron chi connectivity index (χ4n) is 2.61. The molecule has 0 saturated carbocycles. The minimum absolute atomic E-state index is 0.567. The molecule has 2 rings (SSSR count). The predicted molar refractivity (Wildman–Crippen MR) is 72.5 cm³/mol. The predicted octanol–water partition coefficient (Wildman–Crippen LogP) is 1.62. The van der Waals surface area contributed by atoms with Gasteiger partial charge in [0.05, 0.1) is 12.7 Å². The number of ether oxygens (including phenoxy) is 1. The second kappa shape index (κ2) is 5.16. The highest BCUT2D eigenvalue weighted by Gasteiger charge is 2.28. The molecule has 0 radical (unpaired) electrons. The SMILES string of the molecule is COc1cc(N)cc(CN2CCCC(C)(O)C2)c1. The topological polar surface area (TPSA) is 58.7 Å². The molecule has 3 N–H and O–H groups in total. The number of nitrogens with zero attached hydrogens (tertiary/aromatic N) is 1. The summed E-state index contributed by atoms with van der Waals surface area (Å²) in [5.41, 5.74) is 7.12. The number of likely N-dealkylation sites (tertiary alicyclic amines) is 1. The average molecular weight is 250 g/mol. The fraction of sp³-hybridized carbons (Fsp3) is 0.571. The molecular formula is C14H22N2O2. The summed E-state index contributed by atoms with van der Waals surface area (Å²) in [6, 6.07) is 5.78. The largest absolute Gasteiger partial charge is 0.497 e. The second-order valence-corrected chi connectivity index (χ2v) is 5.43. The normalized spacial score (nSPS) is 25.1. The zero-order valence-electron chi connectivity index (χ0n) is 11.1. The van der Waals surface area contributed by atoms with E-state index >= 15 is 0 Å². The number of β-amino-alcohol motifs (C(OH)–C–C–N with tert-alkyl or cyclic N) is 1. The number of nitrogen functional groups attached to an aromatic ring is 1. The molecular weight excluding hydrogens is 228 g/mol. The lowest BCUT2D eigenvalue weighted by atomic mass is 9.95. The number of aliphatic hydroxyl groups is 1. The Morgan fingerprint density at radius 3 is 2.89 bits per heavy atom. The van der Waals surface area contributed by atoms with E-state index in [-0.39, 0.29) is 0 Å². The summed E-state index contributed by atoms with van der Waals surface area (Å²) >= 11 is 0. The van der Waals surface area contributed by atoms with Crippen LogP contribution in [0.15, 0.2) is 18.2 Å². The summed E-state index contributed by atoms with van der Waals surface area (Å²) in [6.07, 6.45) is 1.91. The number of hydrogen-bond acceptors (Lipinski definition) is 4. The van der Waals surface area contributed by atoms with Crippen LogP contribution in [0.1, 0.15) is 25.3 Å². The van der Waals surface area contributed by atoms with Crippen LogP contribution in [-0.4, -0.2) is 35.8 Å². The molecule has 1 aromatic rings. The third kappa shape index (κ3) is 3.37. The Labute approximate surface area is 108 Å². The highest BCUT2D eigenvalue weighted by molar-refractivity contribution is 5.47. The van der Waals surface area contributed by atoms with Crippen molar-refractivity contribution in [3.8, 4) is 5.75 Å². The molecule has 1 aromatic carbocycles. The summed E-state index contributed by atoms with van der Waals surface area (Å²) in [7, 11) is 1.64. The van der Waals surface area contributed by atoms with E-state index in [2.05, 4.69) is 4.90 Å². The third-order valence-electron chi connectivity index (χ3n) is 3.38. The Hall–Kier alpha value is -1.26. The van der Waals surface area contributed by atoms with Gasteiger partial charge in [-0.3, -0.25) is 4.90 Å². The van der Waals surface area contributed by atoms with E-state index in [1.54, 1.807) is 7.11 Å². The smallest absolute Gasteiger partial charge is 0.121 e. The second-order valence-electron chi connectivity index (χ2n) is 5.43. The van der Waals surface area contributed by atoms with Gasteiger partial charge in [-0.2, -0.15) is 0 Å². The fourth-order valence-corrected chi connectivity index (χ4v) is 2.61. The summed E-state index contributed by atoms with van der Waals surface area (Å²) in [5.74, 6) is 0.786. The van der Waals surface area contributed by atoms with E-state index in [1.807, 2.05) is 25.1 Å². The standard InChI is InChI=1S/C14H22N2O2/c1-14(17)4-3-5-16(10-14)9-11-6-12(15)8-13(7-11)18-2/h6-8,17H,3-5,9-10,15H2,1-2H3. The maximum Gasteiger partial charge on any atom is 0.121 e. The van der Waals surface area contributed by atoms with Crippen molar-refractivity contribution in [1.29, 1.82) is 0 Å². The molecule has 1 aliphatic rings. The van der Waals surface area contributed by atoms with Crippen LogP contribution in [0.25, 0.3) is 0 Å². The van der Waals surface area contributed by atoms with Crippen LogP contribution in [0.4, 0.5) is 5.69 Å². The molecule has 1 fully saturated rings. The van der Waals surface area contributed by atoms with Gasteiger partial charge < -0.3 is 15.6 Å². The summed E-state index contributed by atoms with van der Waals surface area (Å²) < 4.78 is 5.22. The van der Waals surface area contributed by atoms with Crippen molar-refractivity contribution in [2.45, 2.75) is 31.9 Å². The van der Waals surface area contributed by atoms with Gasteiger partial charge in [0.1, 0.15) is 5.75 Å². The van der Waals surface area contributed by atoms with Gasteiger partial charge in [-0.05, 0) is 44.0 Å². The maximum atomic E-state index is 10.1. The number of anilines is 1. The summed E-state index contributed by atoms with van der Waals surface area (Å²) in [4.78, 5) is 2.26. The van der Waals surface area contributed by atoms with E-state index in [1.165, 1.54) is 0 Å². The molecule has 1 aliphatic heterocycles. The van der Waals surface area contributed by atoms with Crippen molar-refractivity contribution in [2.24, 2.45) is 0 Å². The lowest BCUT2D eigenvalue weighted by Gasteiger charge is -2.36. The van der Waals surface area contributed by atoms with Gasteiger partial charge in [0.25, 0.3) is 0 Å². The molecule has 18 heavy (non-hydrogen) atoms. The van der Waals surface area contributed by atoms with Crippen molar-refractivity contribution >= 4 is 5.69 Å². The molecule has 100 valence electrons. The number of rotatable bonds is 3. The van der Waals surface area contributed by atoms with Gasteiger partial charge >= 0.3 is 0 Å². The minimum atomic E-state index is -0.567. The Morgan fingerprint density at radius 1 is 1.44 bits per heavy atom. The van der Waals surface area contributed by atoms with Crippen molar-refractivity contribution in [1.82, 2.24) is 4.90 Å². The molecule has 0 amide bonds. The summed E-state index contributed by atoms with van der Waals surface area (Å²) in [6.45, 7) is 4.44. The Kier molecular flexibility index (Phi) is 3.78. The first kappa shape index (κ1) is 13.2. The van der Waals surface area contributed by atoms with Crippen molar-refractivity contribution < 1.29 is 9.84 Å². The van der Waals surface area contributed by atoms with Crippen LogP contribution in [0.3, 0.4) is 0 Å². The Morgan fingerprint density at radius 2 is 2.22 bits per heavy atom. The number of nitrogens with two attached hydrogens (primary N) is 1. The number of methoxy groups -OCH3 is 1. The first-order chi connectivity index (χ1) is 8.48. The zero-order chi connectivity index (χ0) is 13.2. The molecule has 0 bridgehead atoms. The Bertz CT molecular complexity index is 418. The van der Waals surface area contributed by atoms with Crippen molar-refractivity contribution in [3.63, 3.8) is 0 Å². The highest BCUT2D eigenvalue weighted by atomic mass is 16.5. The lowest BCUT2D eigenvalue weighted by molar-refractivity contribution is -0.0181. The van der Waals surface area contributed by atoms with Gasteiger partial charge in [0, 0.05) is 24.8 Å². The van der Waals surface area contributed by atoms with Gasteiger partial charge in [0.2, 0.25) is 0 Å². The van der Waals surface area contributed by atoms with E-state index < -0.39 is 5.60 Å². The molecule has 4 nitrogen and oxygen atoms in total. The van der Waals surface area contributed by atoms with Gasteiger partial charge in [-0.15, -0.1) is 0 Å². The highest BCUT2D eigenvalue weighted by Crippen LogP contribution is 2.24. The third-order valence-corrected chi connectivity index (χ3v) is 3.38. The number of benzene rings is 1. The molecule has 1 atom stereocenters. The molecule has 1 heterocycles. The molecule has 1 unspecified atom stereocenters. The average Bonchev–Trinajstić information content (AvgIpc) is 2.26. The summed E-state index contributed by atoms with van der Waals surface area (Å²) in [5, 5.41) is 10.1. The zero-order valence-corrected chi connectivity index (χ0v) is 11.1. The molecule has 4 heteroatoms. The molecule has 1 saturated heterocycles. The van der Waals surface area contributed by atoms with Crippen LogP contribution in [-0.2, 0) is 6.54 Å². The van der Waals surface area contributed by atoms with Crippen molar-refractivity contribution in [2.75, 3.05) is 25.9 Å². The van der Waals surface area contributed by atoms with Crippen LogP contribution in [0.5, 0.6) is 5.75 Å².